The van der Waals surface area contributed by atoms with E-state index in [4.69, 9.17) is 23.7 Å². The average molecular weight is 576 g/mol. The van der Waals surface area contributed by atoms with E-state index >= 15 is 0 Å². The first-order chi connectivity index (χ1) is 21.1. The highest BCUT2D eigenvalue weighted by Gasteiger charge is 2.42. The van der Waals surface area contributed by atoms with Crippen molar-refractivity contribution in [2.24, 2.45) is 0 Å². The van der Waals surface area contributed by atoms with Gasteiger partial charge in [-0.25, -0.2) is 0 Å². The van der Waals surface area contributed by atoms with E-state index in [1.807, 2.05) is 95.9 Å². The lowest BCUT2D eigenvalue weighted by atomic mass is 9.95. The summed E-state index contributed by atoms with van der Waals surface area (Å²) in [7, 11) is 3.25. The van der Waals surface area contributed by atoms with E-state index in [2.05, 4.69) is 10.2 Å². The smallest absolute Gasteiger partial charge is 0.273 e. The van der Waals surface area contributed by atoms with Crippen molar-refractivity contribution in [1.29, 1.82) is 0 Å². The summed E-state index contributed by atoms with van der Waals surface area (Å²) in [6.07, 6.45) is 0. The molecule has 0 fully saturated rings. The number of nitrogens with one attached hydrogen (secondary N) is 1. The normalized spacial score (nSPS) is 15.0. The topological polar surface area (TPSA) is 95.1 Å². The van der Waals surface area contributed by atoms with E-state index in [0.29, 0.717) is 47.5 Å². The Balaban J connectivity index is 1.28. The van der Waals surface area contributed by atoms with Crippen LogP contribution in [0.1, 0.15) is 38.8 Å². The monoisotopic (exact) mass is 575 g/mol. The predicted octanol–water partition coefficient (Wildman–Crippen LogP) is 6.15. The van der Waals surface area contributed by atoms with Gasteiger partial charge in [-0.1, -0.05) is 42.5 Å². The molecule has 1 amide bonds. The molecule has 1 aromatic heterocycles. The third-order valence-corrected chi connectivity index (χ3v) is 7.76. The fourth-order valence-electron chi connectivity index (χ4n) is 5.62. The molecule has 0 aliphatic carbocycles. The number of benzene rings is 4. The fraction of sp³-hybridized carbons (Fsp3) is 0.176. The maximum absolute atomic E-state index is 14.0. The summed E-state index contributed by atoms with van der Waals surface area (Å²) in [6.45, 7) is 0.936. The molecule has 2 aliphatic heterocycles. The molecule has 43 heavy (non-hydrogen) atoms. The van der Waals surface area contributed by atoms with Gasteiger partial charge >= 0.3 is 0 Å². The number of carbonyl (C=O) groups excluding carboxylic acids is 1. The molecule has 9 heteroatoms. The molecule has 1 unspecified atom stereocenters. The maximum Gasteiger partial charge on any atom is 0.273 e. The Morgan fingerprint density at radius 1 is 0.860 bits per heavy atom. The fourth-order valence-corrected chi connectivity index (χ4v) is 5.62. The van der Waals surface area contributed by atoms with Gasteiger partial charge in [0.15, 0.2) is 23.0 Å². The van der Waals surface area contributed by atoms with Crippen molar-refractivity contribution in [3.8, 4) is 40.0 Å². The van der Waals surface area contributed by atoms with Gasteiger partial charge in [0, 0.05) is 17.7 Å². The number of nitrogens with zero attached hydrogens (tertiary/aromatic N) is 2. The summed E-state index contributed by atoms with van der Waals surface area (Å²) in [5.74, 6) is 3.15. The quantitative estimate of drug-likeness (QED) is 0.225. The minimum atomic E-state index is -0.444. The molecule has 4 aromatic carbocycles. The van der Waals surface area contributed by atoms with E-state index in [9.17, 15) is 4.79 Å². The number of H-pyrrole nitrogens is 1. The van der Waals surface area contributed by atoms with Gasteiger partial charge in [0.2, 0.25) is 6.79 Å². The Morgan fingerprint density at radius 2 is 1.67 bits per heavy atom. The Morgan fingerprint density at radius 3 is 2.47 bits per heavy atom. The zero-order valence-electron chi connectivity index (χ0n) is 23.7. The summed E-state index contributed by atoms with van der Waals surface area (Å²) in [5.41, 5.74) is 5.67. The van der Waals surface area contributed by atoms with Gasteiger partial charge in [-0.2, -0.15) is 5.10 Å². The van der Waals surface area contributed by atoms with Crippen molar-refractivity contribution in [2.45, 2.75) is 19.2 Å². The van der Waals surface area contributed by atoms with E-state index in [-0.39, 0.29) is 12.7 Å². The van der Waals surface area contributed by atoms with Gasteiger partial charge in [0.25, 0.3) is 5.91 Å². The number of ether oxygens (including phenoxy) is 5. The number of hydrogen-bond acceptors (Lipinski definition) is 7. The van der Waals surface area contributed by atoms with Gasteiger partial charge in [0.1, 0.15) is 18.1 Å². The van der Waals surface area contributed by atoms with Crippen LogP contribution in [0.15, 0.2) is 91.0 Å². The first-order valence-electron chi connectivity index (χ1n) is 13.9. The Hall–Kier alpha value is -5.44. The van der Waals surface area contributed by atoms with Crippen LogP contribution in [0.3, 0.4) is 0 Å². The molecule has 3 heterocycles. The number of carbonyl (C=O) groups is 1. The largest absolute Gasteiger partial charge is 0.497 e. The highest BCUT2D eigenvalue weighted by Crippen LogP contribution is 2.46. The molecule has 216 valence electrons. The van der Waals surface area contributed by atoms with Crippen molar-refractivity contribution in [3.63, 3.8) is 0 Å². The molecule has 2 aliphatic rings. The minimum Gasteiger partial charge on any atom is -0.497 e. The van der Waals surface area contributed by atoms with Crippen LogP contribution in [-0.2, 0) is 13.2 Å². The van der Waals surface area contributed by atoms with Crippen molar-refractivity contribution in [3.05, 3.63) is 119 Å². The van der Waals surface area contributed by atoms with Gasteiger partial charge < -0.3 is 28.6 Å². The van der Waals surface area contributed by atoms with Crippen LogP contribution in [0.5, 0.6) is 28.7 Å². The molecule has 5 aromatic rings. The van der Waals surface area contributed by atoms with Crippen LogP contribution in [0.2, 0.25) is 0 Å². The molecule has 0 spiro atoms. The first kappa shape index (κ1) is 26.5. The van der Waals surface area contributed by atoms with Crippen molar-refractivity contribution < 1.29 is 28.5 Å². The molecule has 1 atom stereocenters. The van der Waals surface area contributed by atoms with E-state index in [1.165, 1.54) is 0 Å². The average Bonchev–Trinajstić information content (AvgIpc) is 3.77. The van der Waals surface area contributed by atoms with Crippen molar-refractivity contribution in [1.82, 2.24) is 15.1 Å². The van der Waals surface area contributed by atoms with E-state index in [0.717, 1.165) is 33.6 Å². The number of aromatic nitrogens is 2. The highest BCUT2D eigenvalue weighted by atomic mass is 16.7. The second kappa shape index (κ2) is 11.1. The molecule has 9 nitrogen and oxygen atoms in total. The molecule has 0 saturated carbocycles. The number of amides is 1. The third-order valence-electron chi connectivity index (χ3n) is 7.76. The Labute approximate surface area is 248 Å². The lowest BCUT2D eigenvalue weighted by molar-refractivity contribution is 0.0729. The van der Waals surface area contributed by atoms with Crippen LogP contribution in [0.4, 0.5) is 0 Å². The molecule has 1 N–H and O–H groups in total. The van der Waals surface area contributed by atoms with Crippen LogP contribution >= 0.6 is 0 Å². The van der Waals surface area contributed by atoms with Crippen molar-refractivity contribution in [2.75, 3.05) is 21.0 Å². The van der Waals surface area contributed by atoms with Crippen LogP contribution in [-0.4, -0.2) is 42.0 Å². The molecule has 7 rings (SSSR count). The van der Waals surface area contributed by atoms with Gasteiger partial charge in [-0.05, 0) is 65.2 Å². The lowest BCUT2D eigenvalue weighted by Gasteiger charge is -2.27. The third kappa shape index (κ3) is 4.88. The number of fused-ring (bicyclic) bond motifs is 2. The summed E-state index contributed by atoms with van der Waals surface area (Å²) >= 11 is 0. The summed E-state index contributed by atoms with van der Waals surface area (Å²) in [4.78, 5) is 15.8. The molecule has 0 radical (unpaired) electrons. The molecule has 0 bridgehead atoms. The highest BCUT2D eigenvalue weighted by molar-refractivity contribution is 6.00. The number of aromatic amines is 1. The second-order valence-corrected chi connectivity index (χ2v) is 10.3. The van der Waals surface area contributed by atoms with E-state index < -0.39 is 6.04 Å². The molecular formula is C34H29N3O6. The first-order valence-corrected chi connectivity index (χ1v) is 13.9. The summed E-state index contributed by atoms with van der Waals surface area (Å²) < 4.78 is 28.3. The number of rotatable bonds is 9. The minimum absolute atomic E-state index is 0.145. The van der Waals surface area contributed by atoms with Crippen LogP contribution in [0, 0.1) is 0 Å². The van der Waals surface area contributed by atoms with Gasteiger partial charge in [-0.15, -0.1) is 0 Å². The standard InChI is InChI=1S/C34H29N3O6/c1-39-25-12-9-23(10-13-25)31-30-32(36-35-31)34(38)37(18-22-8-14-27-29(16-22)43-20-42-27)33(30)24-11-15-26(28(17-24)40-2)41-19-21-6-4-3-5-7-21/h3-17,33H,18-20H2,1-2H3,(H,35,36). The molecular weight excluding hydrogens is 546 g/mol. The lowest BCUT2D eigenvalue weighted by Crippen LogP contribution is -2.29. The van der Waals surface area contributed by atoms with E-state index in [1.54, 1.807) is 14.2 Å². The van der Waals surface area contributed by atoms with Crippen molar-refractivity contribution >= 4 is 5.91 Å². The van der Waals surface area contributed by atoms with Gasteiger partial charge in [0.05, 0.1) is 26.0 Å². The summed E-state index contributed by atoms with van der Waals surface area (Å²) in [5, 5.41) is 7.62. The summed E-state index contributed by atoms with van der Waals surface area (Å²) in [6, 6.07) is 28.7. The number of hydrogen-bond donors (Lipinski definition) is 1. The molecule has 0 saturated heterocycles. The second-order valence-electron chi connectivity index (χ2n) is 10.3. The SMILES string of the molecule is COc1ccc(-c2n[nH]c3c2C(c2ccc(OCc4ccccc4)c(OC)c2)N(Cc2ccc4c(c2)OCO4)C3=O)cc1. The Bertz CT molecular complexity index is 1780. The van der Waals surface area contributed by atoms with Crippen LogP contribution < -0.4 is 23.7 Å². The zero-order valence-corrected chi connectivity index (χ0v) is 23.7. The Kier molecular flexibility index (Phi) is 6.82. The maximum atomic E-state index is 14.0. The van der Waals surface area contributed by atoms with Crippen LogP contribution in [0.25, 0.3) is 11.3 Å². The van der Waals surface area contributed by atoms with Gasteiger partial charge in [-0.3, -0.25) is 9.89 Å². The zero-order chi connectivity index (χ0) is 29.3. The predicted molar refractivity (Wildman–Crippen MR) is 159 cm³/mol. The number of methoxy groups -OCH3 is 2.